The number of nitrogens with two attached hydrogens (primary N) is 1. The quantitative estimate of drug-likeness (QED) is 0.506. The van der Waals surface area contributed by atoms with E-state index in [1.165, 1.54) is 6.92 Å². The van der Waals surface area contributed by atoms with E-state index in [0.717, 1.165) is 12.8 Å². The van der Waals surface area contributed by atoms with E-state index >= 15 is 0 Å². The summed E-state index contributed by atoms with van der Waals surface area (Å²) in [6.07, 6.45) is 3.26. The summed E-state index contributed by atoms with van der Waals surface area (Å²) in [6, 6.07) is 0. The SMILES string of the molecule is CC(=O)OCCCCn1cnc2c(N)nc(Cl)nc21. The van der Waals surface area contributed by atoms with Gasteiger partial charge in [0.2, 0.25) is 5.28 Å². The van der Waals surface area contributed by atoms with Gasteiger partial charge in [-0.05, 0) is 24.4 Å². The second kappa shape index (κ2) is 5.83. The molecule has 0 saturated carbocycles. The maximum Gasteiger partial charge on any atom is 0.302 e. The first-order valence-electron chi connectivity index (χ1n) is 5.85. The molecule has 0 radical (unpaired) electrons. The molecule has 2 N–H and O–H groups in total. The maximum absolute atomic E-state index is 10.6. The molecule has 0 unspecified atom stereocenters. The number of unbranched alkanes of at least 4 members (excludes halogenated alkanes) is 1. The van der Waals surface area contributed by atoms with Crippen LogP contribution in [-0.4, -0.2) is 32.1 Å². The van der Waals surface area contributed by atoms with E-state index < -0.39 is 0 Å². The van der Waals surface area contributed by atoms with Crippen LogP contribution in [0.15, 0.2) is 6.33 Å². The van der Waals surface area contributed by atoms with Gasteiger partial charge in [-0.15, -0.1) is 0 Å². The Morgan fingerprint density at radius 1 is 1.47 bits per heavy atom. The third kappa shape index (κ3) is 3.31. The minimum Gasteiger partial charge on any atom is -0.466 e. The second-order valence-electron chi connectivity index (χ2n) is 4.04. The molecule has 0 amide bonds. The highest BCUT2D eigenvalue weighted by Gasteiger charge is 2.09. The van der Waals surface area contributed by atoms with Gasteiger partial charge in [-0.25, -0.2) is 4.98 Å². The Hall–Kier alpha value is -1.89. The Morgan fingerprint density at radius 2 is 2.26 bits per heavy atom. The molecule has 19 heavy (non-hydrogen) atoms. The van der Waals surface area contributed by atoms with E-state index in [9.17, 15) is 4.79 Å². The first-order chi connectivity index (χ1) is 9.08. The summed E-state index contributed by atoms with van der Waals surface area (Å²) in [6.45, 7) is 2.51. The molecule has 0 bridgehead atoms. The minimum atomic E-state index is -0.264. The van der Waals surface area contributed by atoms with Crippen molar-refractivity contribution in [3.8, 4) is 0 Å². The molecule has 2 rings (SSSR count). The molecule has 0 aliphatic rings. The summed E-state index contributed by atoms with van der Waals surface area (Å²) in [4.78, 5) is 22.7. The second-order valence-corrected chi connectivity index (χ2v) is 4.37. The Morgan fingerprint density at radius 3 is 3.00 bits per heavy atom. The number of esters is 1. The number of anilines is 1. The zero-order valence-corrected chi connectivity index (χ0v) is 11.2. The van der Waals surface area contributed by atoms with Gasteiger partial charge >= 0.3 is 5.97 Å². The number of ether oxygens (including phenoxy) is 1. The van der Waals surface area contributed by atoms with Crippen LogP contribution in [0.4, 0.5) is 5.82 Å². The molecule has 0 aromatic carbocycles. The van der Waals surface area contributed by atoms with Crippen LogP contribution >= 0.6 is 11.6 Å². The monoisotopic (exact) mass is 283 g/mol. The van der Waals surface area contributed by atoms with E-state index in [4.69, 9.17) is 22.1 Å². The fourth-order valence-corrected chi connectivity index (χ4v) is 1.87. The first kappa shape index (κ1) is 13.5. The highest BCUT2D eigenvalue weighted by molar-refractivity contribution is 6.28. The van der Waals surface area contributed by atoms with Crippen molar-refractivity contribution >= 4 is 34.6 Å². The number of carbonyl (C=O) groups is 1. The number of fused-ring (bicyclic) bond motifs is 1. The van der Waals surface area contributed by atoms with Crippen LogP contribution in [0.2, 0.25) is 5.28 Å². The Balaban J connectivity index is 1.99. The average Bonchev–Trinajstić information content (AvgIpc) is 2.72. The molecule has 0 atom stereocenters. The first-order valence-corrected chi connectivity index (χ1v) is 6.23. The third-order valence-electron chi connectivity index (χ3n) is 2.56. The lowest BCUT2D eigenvalue weighted by molar-refractivity contribution is -0.141. The van der Waals surface area contributed by atoms with Crippen LogP contribution in [0, 0.1) is 0 Å². The maximum atomic E-state index is 10.6. The normalized spacial score (nSPS) is 10.8. The minimum absolute atomic E-state index is 0.103. The number of halogens is 1. The summed E-state index contributed by atoms with van der Waals surface area (Å²) < 4.78 is 6.71. The molecule has 0 aliphatic carbocycles. The van der Waals surface area contributed by atoms with Crippen molar-refractivity contribution in [3.63, 3.8) is 0 Å². The van der Waals surface area contributed by atoms with Crippen molar-refractivity contribution in [2.75, 3.05) is 12.3 Å². The summed E-state index contributed by atoms with van der Waals surface area (Å²) in [7, 11) is 0. The van der Waals surface area contributed by atoms with Gasteiger partial charge in [0.15, 0.2) is 11.5 Å². The van der Waals surface area contributed by atoms with Crippen LogP contribution in [0.3, 0.4) is 0 Å². The number of imidazole rings is 1. The zero-order valence-electron chi connectivity index (χ0n) is 10.5. The zero-order chi connectivity index (χ0) is 13.8. The number of carbonyl (C=O) groups excluding carboxylic acids is 1. The summed E-state index contributed by atoms with van der Waals surface area (Å²) in [5, 5.41) is 0.103. The number of nitrogens with zero attached hydrogens (tertiary/aromatic N) is 4. The van der Waals surface area contributed by atoms with Gasteiger partial charge in [-0.3, -0.25) is 4.79 Å². The van der Waals surface area contributed by atoms with Crippen molar-refractivity contribution in [2.24, 2.45) is 0 Å². The van der Waals surface area contributed by atoms with Gasteiger partial charge in [0.1, 0.15) is 5.52 Å². The molecule has 0 aliphatic heterocycles. The molecule has 102 valence electrons. The summed E-state index contributed by atoms with van der Waals surface area (Å²) in [5.41, 5.74) is 6.87. The third-order valence-corrected chi connectivity index (χ3v) is 2.73. The van der Waals surface area contributed by atoms with Crippen LogP contribution in [0.5, 0.6) is 0 Å². The molecule has 7 nitrogen and oxygen atoms in total. The molecule has 2 aromatic rings. The van der Waals surface area contributed by atoms with Gasteiger partial charge < -0.3 is 15.0 Å². The highest BCUT2D eigenvalue weighted by Crippen LogP contribution is 2.18. The molecule has 0 fully saturated rings. The Kier molecular flexibility index (Phi) is 4.16. The van der Waals surface area contributed by atoms with Crippen molar-refractivity contribution in [3.05, 3.63) is 11.6 Å². The van der Waals surface area contributed by atoms with Gasteiger partial charge in [0.25, 0.3) is 0 Å². The lowest BCUT2D eigenvalue weighted by atomic mass is 10.3. The van der Waals surface area contributed by atoms with Crippen LogP contribution < -0.4 is 5.73 Å². The molecular formula is C11H14ClN5O2. The van der Waals surface area contributed by atoms with E-state index in [2.05, 4.69) is 15.0 Å². The fraction of sp³-hybridized carbons (Fsp3) is 0.455. The summed E-state index contributed by atoms with van der Waals surface area (Å²) >= 11 is 5.77. The van der Waals surface area contributed by atoms with Gasteiger partial charge in [-0.1, -0.05) is 0 Å². The molecule has 2 aromatic heterocycles. The standard InChI is InChI=1S/C11H14ClN5O2/c1-7(18)19-5-3-2-4-17-6-14-8-9(13)15-11(12)16-10(8)17/h6H,2-5H2,1H3,(H2,13,15,16). The van der Waals surface area contributed by atoms with Crippen molar-refractivity contribution < 1.29 is 9.53 Å². The van der Waals surface area contributed by atoms with Crippen LogP contribution in [0.1, 0.15) is 19.8 Å². The lowest BCUT2D eigenvalue weighted by Gasteiger charge is -2.04. The Labute approximate surface area is 114 Å². The molecule has 0 saturated heterocycles. The molecule has 8 heteroatoms. The highest BCUT2D eigenvalue weighted by atomic mass is 35.5. The van der Waals surface area contributed by atoms with Gasteiger partial charge in [-0.2, -0.15) is 9.97 Å². The number of nitrogen functional groups attached to an aromatic ring is 1. The van der Waals surface area contributed by atoms with E-state index in [1.807, 2.05) is 4.57 Å². The number of hydrogen-bond donors (Lipinski definition) is 1. The van der Waals surface area contributed by atoms with Crippen molar-refractivity contribution in [1.82, 2.24) is 19.5 Å². The van der Waals surface area contributed by atoms with Crippen LogP contribution in [0.25, 0.3) is 11.2 Å². The van der Waals surface area contributed by atoms with Gasteiger partial charge in [0.05, 0.1) is 12.9 Å². The summed E-state index contributed by atoms with van der Waals surface area (Å²) in [5.74, 6) is 0.00837. The number of aryl methyl sites for hydroxylation is 1. The fourth-order valence-electron chi connectivity index (χ4n) is 1.70. The average molecular weight is 284 g/mol. The van der Waals surface area contributed by atoms with E-state index in [0.29, 0.717) is 24.3 Å². The number of rotatable bonds is 5. The van der Waals surface area contributed by atoms with E-state index in [-0.39, 0.29) is 17.1 Å². The largest absolute Gasteiger partial charge is 0.466 e. The van der Waals surface area contributed by atoms with Crippen molar-refractivity contribution in [2.45, 2.75) is 26.3 Å². The number of aromatic nitrogens is 4. The molecule has 2 heterocycles. The van der Waals surface area contributed by atoms with Gasteiger partial charge in [0, 0.05) is 13.5 Å². The predicted octanol–water partition coefficient (Wildman–Crippen LogP) is 1.41. The van der Waals surface area contributed by atoms with E-state index in [1.54, 1.807) is 6.33 Å². The molecular weight excluding hydrogens is 270 g/mol. The number of hydrogen-bond acceptors (Lipinski definition) is 6. The smallest absolute Gasteiger partial charge is 0.302 e. The topological polar surface area (TPSA) is 95.9 Å². The van der Waals surface area contributed by atoms with Crippen LogP contribution in [-0.2, 0) is 16.1 Å². The Bertz CT molecular complexity index is 598. The lowest BCUT2D eigenvalue weighted by Crippen LogP contribution is -2.04. The molecule has 0 spiro atoms. The predicted molar refractivity (Wildman–Crippen MR) is 70.6 cm³/mol. The van der Waals surface area contributed by atoms with Crippen molar-refractivity contribution in [1.29, 1.82) is 0 Å².